The van der Waals surface area contributed by atoms with Crippen molar-refractivity contribution in [3.63, 3.8) is 0 Å². The van der Waals surface area contributed by atoms with Crippen molar-refractivity contribution in [3.8, 4) is 5.69 Å². The van der Waals surface area contributed by atoms with Crippen LogP contribution < -0.4 is 10.7 Å². The van der Waals surface area contributed by atoms with Gasteiger partial charge in [-0.15, -0.1) is 0 Å². The number of aromatic nitrogens is 4. The molecule has 0 radical (unpaired) electrons. The molecule has 2 heterocycles. The number of hydrogen-bond donors (Lipinski definition) is 1. The van der Waals surface area contributed by atoms with Gasteiger partial charge in [0.05, 0.1) is 22.3 Å². The predicted molar refractivity (Wildman–Crippen MR) is 118 cm³/mol. The summed E-state index contributed by atoms with van der Waals surface area (Å²) in [5.41, 5.74) is -0.0882. The lowest BCUT2D eigenvalue weighted by Gasteiger charge is -2.14. The number of rotatable bonds is 5. The largest absolute Gasteiger partial charge is 0.416 e. The van der Waals surface area contributed by atoms with Gasteiger partial charge in [-0.1, -0.05) is 25.1 Å². The third-order valence-corrected chi connectivity index (χ3v) is 5.07. The van der Waals surface area contributed by atoms with E-state index in [0.717, 1.165) is 34.8 Å². The third-order valence-electron chi connectivity index (χ3n) is 5.07. The predicted octanol–water partition coefficient (Wildman–Crippen LogP) is 4.57. The Morgan fingerprint density at radius 3 is 2.58 bits per heavy atom. The summed E-state index contributed by atoms with van der Waals surface area (Å²) in [5, 5.41) is 6.71. The van der Waals surface area contributed by atoms with E-state index in [1.807, 2.05) is 35.8 Å². The average molecular weight is 455 g/mol. The number of carbonyl (C=O) groups excluding carboxylic acids is 1. The number of para-hydroxylation sites is 2. The maximum Gasteiger partial charge on any atom is 0.416 e. The van der Waals surface area contributed by atoms with E-state index >= 15 is 0 Å². The molecule has 0 atom stereocenters. The van der Waals surface area contributed by atoms with Crippen LogP contribution in [0.2, 0.25) is 0 Å². The van der Waals surface area contributed by atoms with Gasteiger partial charge < -0.3 is 4.57 Å². The number of aryl methyl sites for hydroxylation is 2. The van der Waals surface area contributed by atoms with Crippen LogP contribution in [-0.4, -0.2) is 25.2 Å². The molecule has 4 aromatic rings. The highest BCUT2D eigenvalue weighted by Gasteiger charge is 2.30. The Balaban J connectivity index is 1.74. The maximum absolute atomic E-state index is 13.1. The minimum Gasteiger partial charge on any atom is -0.310 e. The molecule has 0 unspecified atom stereocenters. The molecule has 1 amide bonds. The molecule has 4 rings (SSSR count). The van der Waals surface area contributed by atoms with Crippen LogP contribution >= 0.6 is 0 Å². The van der Waals surface area contributed by atoms with Crippen LogP contribution in [0.1, 0.15) is 35.1 Å². The highest BCUT2D eigenvalue weighted by atomic mass is 19.4. The summed E-state index contributed by atoms with van der Waals surface area (Å²) in [5.74, 6) is -0.538. The molecule has 2 aromatic carbocycles. The smallest absolute Gasteiger partial charge is 0.310 e. The first-order chi connectivity index (χ1) is 15.7. The van der Waals surface area contributed by atoms with E-state index in [0.29, 0.717) is 12.1 Å². The van der Waals surface area contributed by atoms with Crippen LogP contribution in [0.5, 0.6) is 0 Å². The lowest BCUT2D eigenvalue weighted by Crippen LogP contribution is -2.28. The minimum atomic E-state index is -4.54. The second-order valence-electron chi connectivity index (χ2n) is 7.49. The summed E-state index contributed by atoms with van der Waals surface area (Å²) < 4.78 is 42.4. The van der Waals surface area contributed by atoms with Crippen molar-refractivity contribution in [2.24, 2.45) is 0 Å². The molecule has 2 aromatic heterocycles. The Morgan fingerprint density at radius 2 is 1.85 bits per heavy atom. The molecule has 0 saturated carbocycles. The number of benzene rings is 2. The van der Waals surface area contributed by atoms with Crippen molar-refractivity contribution in [1.29, 1.82) is 0 Å². The van der Waals surface area contributed by atoms with Gasteiger partial charge in [0.1, 0.15) is 0 Å². The third kappa shape index (κ3) is 4.36. The molecule has 170 valence electrons. The zero-order chi connectivity index (χ0) is 23.8. The first kappa shape index (κ1) is 22.3. The van der Waals surface area contributed by atoms with Gasteiger partial charge in [-0.3, -0.25) is 14.9 Å². The molecular weight excluding hydrogens is 435 g/mol. The Morgan fingerprint density at radius 1 is 1.09 bits per heavy atom. The molecule has 0 aliphatic heterocycles. The van der Waals surface area contributed by atoms with Crippen molar-refractivity contribution >= 4 is 22.9 Å². The molecule has 7 nitrogen and oxygen atoms in total. The lowest BCUT2D eigenvalue weighted by atomic mass is 10.2. The number of alkyl halides is 3. The summed E-state index contributed by atoms with van der Waals surface area (Å²) in [6.07, 6.45) is -3.75. The van der Waals surface area contributed by atoms with E-state index in [-0.39, 0.29) is 17.3 Å². The summed E-state index contributed by atoms with van der Waals surface area (Å²) in [4.78, 5) is 29.9. The van der Waals surface area contributed by atoms with Crippen molar-refractivity contribution in [3.05, 3.63) is 81.8 Å². The summed E-state index contributed by atoms with van der Waals surface area (Å²) in [7, 11) is 0. The highest BCUT2D eigenvalue weighted by molar-refractivity contribution is 6.02. The van der Waals surface area contributed by atoms with E-state index in [4.69, 9.17) is 0 Å². The van der Waals surface area contributed by atoms with E-state index in [2.05, 4.69) is 15.4 Å². The number of imidazole rings is 1. The number of anilines is 1. The van der Waals surface area contributed by atoms with Gasteiger partial charge in [-0.25, -0.2) is 9.67 Å². The van der Waals surface area contributed by atoms with Crippen LogP contribution in [0.3, 0.4) is 0 Å². The Hall–Kier alpha value is -3.95. The van der Waals surface area contributed by atoms with Gasteiger partial charge in [-0.05, 0) is 43.7 Å². The number of hydrogen-bond acceptors (Lipinski definition) is 4. The SMILES string of the molecule is CCCn1c(NC(=O)c2nn(-c3cccc(C(F)(F)F)c3)c(C)cc2=O)nc2ccccc21. The molecular formula is C23H20F3N5O2. The van der Waals surface area contributed by atoms with E-state index in [9.17, 15) is 22.8 Å². The van der Waals surface area contributed by atoms with Gasteiger partial charge in [0.2, 0.25) is 11.4 Å². The molecule has 0 bridgehead atoms. The molecule has 33 heavy (non-hydrogen) atoms. The van der Waals surface area contributed by atoms with Crippen molar-refractivity contribution < 1.29 is 18.0 Å². The van der Waals surface area contributed by atoms with Gasteiger partial charge in [0.25, 0.3) is 5.91 Å². The fourth-order valence-corrected chi connectivity index (χ4v) is 3.56. The van der Waals surface area contributed by atoms with Gasteiger partial charge in [-0.2, -0.15) is 18.3 Å². The first-order valence-electron chi connectivity index (χ1n) is 10.2. The van der Waals surface area contributed by atoms with Crippen LogP contribution in [0.25, 0.3) is 16.7 Å². The highest BCUT2D eigenvalue weighted by Crippen LogP contribution is 2.30. The monoisotopic (exact) mass is 455 g/mol. The molecule has 10 heteroatoms. The summed E-state index contributed by atoms with van der Waals surface area (Å²) in [6.45, 7) is 4.10. The second-order valence-corrected chi connectivity index (χ2v) is 7.49. The summed E-state index contributed by atoms with van der Waals surface area (Å²) >= 11 is 0. The molecule has 0 saturated heterocycles. The van der Waals surface area contributed by atoms with Crippen molar-refractivity contribution in [2.75, 3.05) is 5.32 Å². The number of amides is 1. The molecule has 0 fully saturated rings. The van der Waals surface area contributed by atoms with E-state index < -0.39 is 28.8 Å². The topological polar surface area (TPSA) is 81.8 Å². The van der Waals surface area contributed by atoms with Gasteiger partial charge >= 0.3 is 6.18 Å². The number of halogens is 3. The van der Waals surface area contributed by atoms with Crippen LogP contribution in [0.4, 0.5) is 19.1 Å². The van der Waals surface area contributed by atoms with Crippen LogP contribution in [0.15, 0.2) is 59.4 Å². The normalized spacial score (nSPS) is 11.7. The number of nitrogens with zero attached hydrogens (tertiary/aromatic N) is 4. The zero-order valence-electron chi connectivity index (χ0n) is 17.8. The standard InChI is InChI=1S/C23H20F3N5O2/c1-3-11-30-18-10-5-4-9-17(18)27-22(30)28-21(33)20-19(32)12-14(2)31(29-20)16-8-6-7-15(13-16)23(24,25)26/h4-10,12-13H,3,11H2,1-2H3,(H,27,28,33). The van der Waals surface area contributed by atoms with E-state index in [1.165, 1.54) is 19.1 Å². The fraction of sp³-hybridized carbons (Fsp3) is 0.217. The number of nitrogens with one attached hydrogen (secondary N) is 1. The Kier molecular flexibility index (Phi) is 5.75. The molecule has 0 aliphatic carbocycles. The average Bonchev–Trinajstić information content (AvgIpc) is 3.10. The first-order valence-corrected chi connectivity index (χ1v) is 10.2. The van der Waals surface area contributed by atoms with Gasteiger partial charge in [0, 0.05) is 18.3 Å². The van der Waals surface area contributed by atoms with Crippen LogP contribution in [-0.2, 0) is 12.7 Å². The maximum atomic E-state index is 13.1. The Labute approximate surface area is 186 Å². The molecule has 0 aliphatic rings. The summed E-state index contributed by atoms with van der Waals surface area (Å²) in [6, 6.07) is 13.0. The second kappa shape index (κ2) is 8.53. The zero-order valence-corrected chi connectivity index (χ0v) is 17.8. The van der Waals surface area contributed by atoms with E-state index in [1.54, 1.807) is 0 Å². The van der Waals surface area contributed by atoms with Gasteiger partial charge in [0.15, 0.2) is 5.69 Å². The van der Waals surface area contributed by atoms with Crippen LogP contribution in [0, 0.1) is 6.92 Å². The van der Waals surface area contributed by atoms with Crippen molar-refractivity contribution in [2.45, 2.75) is 33.0 Å². The lowest BCUT2D eigenvalue weighted by molar-refractivity contribution is -0.137. The quantitative estimate of drug-likeness (QED) is 0.478. The molecule has 1 N–H and O–H groups in total. The van der Waals surface area contributed by atoms with Crippen molar-refractivity contribution in [1.82, 2.24) is 19.3 Å². The minimum absolute atomic E-state index is 0.0783. The molecule has 0 spiro atoms. The number of fused-ring (bicyclic) bond motifs is 1. The number of carbonyl (C=O) groups is 1. The Bertz CT molecular complexity index is 1410. The fourth-order valence-electron chi connectivity index (χ4n) is 3.56.